The highest BCUT2D eigenvalue weighted by Gasteiger charge is 2.24. The summed E-state index contributed by atoms with van der Waals surface area (Å²) in [6, 6.07) is 9.50. The molecule has 0 radical (unpaired) electrons. The number of ether oxygens (including phenoxy) is 3. The molecule has 1 aromatic heterocycles. The first-order chi connectivity index (χ1) is 12.7. The Balaban J connectivity index is 1.44. The molecule has 2 heterocycles. The van der Waals surface area contributed by atoms with Gasteiger partial charge in [0.1, 0.15) is 18.5 Å². The molecule has 2 aromatic rings. The molecule has 2 amide bonds. The monoisotopic (exact) mass is 358 g/mol. The Labute approximate surface area is 152 Å². The Morgan fingerprint density at radius 3 is 2.81 bits per heavy atom. The molecule has 1 unspecified atom stereocenters. The fourth-order valence-corrected chi connectivity index (χ4v) is 2.56. The quantitative estimate of drug-likeness (QED) is 0.842. The second-order valence-corrected chi connectivity index (χ2v) is 5.79. The fourth-order valence-electron chi connectivity index (χ4n) is 2.56. The fraction of sp³-hybridized carbons (Fsp3) is 0.389. The van der Waals surface area contributed by atoms with E-state index in [0.717, 1.165) is 11.3 Å². The number of hydrogen-bond acceptors (Lipinski definition) is 6. The van der Waals surface area contributed by atoms with Gasteiger partial charge in [-0.15, -0.1) is 0 Å². The third-order valence-corrected chi connectivity index (χ3v) is 3.97. The number of methoxy groups -OCH3 is 1. The van der Waals surface area contributed by atoms with Crippen LogP contribution in [0.4, 0.5) is 4.79 Å². The number of nitrogens with one attached hydrogen (secondary N) is 1. The van der Waals surface area contributed by atoms with Crippen LogP contribution in [0.15, 0.2) is 42.7 Å². The maximum Gasteiger partial charge on any atom is 0.317 e. The molecule has 26 heavy (non-hydrogen) atoms. The van der Waals surface area contributed by atoms with Crippen molar-refractivity contribution < 1.29 is 19.0 Å². The molecule has 0 saturated carbocycles. The normalized spacial score (nSPS) is 16.8. The van der Waals surface area contributed by atoms with Crippen LogP contribution in [-0.4, -0.2) is 60.4 Å². The van der Waals surface area contributed by atoms with Crippen molar-refractivity contribution >= 4 is 6.03 Å². The maximum absolute atomic E-state index is 12.4. The van der Waals surface area contributed by atoms with E-state index >= 15 is 0 Å². The van der Waals surface area contributed by atoms with E-state index in [1.165, 1.54) is 0 Å². The second kappa shape index (κ2) is 9.00. The van der Waals surface area contributed by atoms with Crippen molar-refractivity contribution in [3.63, 3.8) is 0 Å². The third-order valence-electron chi connectivity index (χ3n) is 3.97. The minimum Gasteiger partial charge on any atom is -0.497 e. The van der Waals surface area contributed by atoms with Crippen LogP contribution in [0.1, 0.15) is 5.56 Å². The lowest BCUT2D eigenvalue weighted by molar-refractivity contribution is -0.0366. The zero-order valence-electron chi connectivity index (χ0n) is 14.6. The number of urea groups is 1. The summed E-state index contributed by atoms with van der Waals surface area (Å²) in [5.74, 6) is 0.790. The minimum atomic E-state index is -0.209. The van der Waals surface area contributed by atoms with Gasteiger partial charge >= 0.3 is 12.0 Å². The van der Waals surface area contributed by atoms with Crippen LogP contribution in [0.3, 0.4) is 0 Å². The highest BCUT2D eigenvalue weighted by Crippen LogP contribution is 2.12. The van der Waals surface area contributed by atoms with E-state index < -0.39 is 0 Å². The molecule has 1 aromatic carbocycles. The average Bonchev–Trinajstić information content (AvgIpc) is 2.72. The smallest absolute Gasteiger partial charge is 0.317 e. The summed E-state index contributed by atoms with van der Waals surface area (Å²) >= 11 is 0. The van der Waals surface area contributed by atoms with E-state index in [1.807, 2.05) is 24.3 Å². The maximum atomic E-state index is 12.4. The minimum absolute atomic E-state index is 0.120. The highest BCUT2D eigenvalue weighted by molar-refractivity contribution is 5.74. The molecular weight excluding hydrogens is 336 g/mol. The Hall–Kier alpha value is -2.87. The van der Waals surface area contributed by atoms with Gasteiger partial charge < -0.3 is 24.4 Å². The molecule has 1 N–H and O–H groups in total. The van der Waals surface area contributed by atoms with E-state index in [0.29, 0.717) is 38.9 Å². The first kappa shape index (κ1) is 17.9. The average molecular weight is 358 g/mol. The Kier molecular flexibility index (Phi) is 6.21. The lowest BCUT2D eigenvalue weighted by Gasteiger charge is -2.32. The number of hydrogen-bond donors (Lipinski definition) is 1. The van der Waals surface area contributed by atoms with Crippen LogP contribution in [0.2, 0.25) is 0 Å². The number of carbonyl (C=O) groups excluding carboxylic acids is 1. The van der Waals surface area contributed by atoms with Crippen LogP contribution in [0.25, 0.3) is 0 Å². The van der Waals surface area contributed by atoms with Crippen LogP contribution < -0.4 is 14.8 Å². The van der Waals surface area contributed by atoms with Gasteiger partial charge in [0.15, 0.2) is 0 Å². The second-order valence-electron chi connectivity index (χ2n) is 5.79. The molecule has 1 aliphatic rings. The summed E-state index contributed by atoms with van der Waals surface area (Å²) in [6.45, 7) is 2.24. The number of carbonyl (C=O) groups is 1. The van der Waals surface area contributed by atoms with Crippen LogP contribution in [0.5, 0.6) is 11.8 Å². The SMILES string of the molecule is COc1ccc(CNC(=O)N2CCOC(COc3ncccn3)C2)cc1. The van der Waals surface area contributed by atoms with Crippen molar-refractivity contribution in [1.29, 1.82) is 0 Å². The van der Waals surface area contributed by atoms with E-state index in [9.17, 15) is 4.79 Å². The first-order valence-electron chi connectivity index (χ1n) is 8.41. The van der Waals surface area contributed by atoms with Crippen molar-refractivity contribution in [2.24, 2.45) is 0 Å². The van der Waals surface area contributed by atoms with E-state index in [-0.39, 0.29) is 12.1 Å². The standard InChI is InChI=1S/C18H22N4O4/c1-24-15-5-3-14(4-6-15)11-21-18(23)22-9-10-25-16(12-22)13-26-17-19-7-2-8-20-17/h2-8,16H,9-13H2,1H3,(H,21,23). The summed E-state index contributed by atoms with van der Waals surface area (Å²) in [5.41, 5.74) is 1.01. The highest BCUT2D eigenvalue weighted by atomic mass is 16.5. The summed E-state index contributed by atoms with van der Waals surface area (Å²) in [6.07, 6.45) is 3.02. The molecule has 0 aliphatic carbocycles. The number of benzene rings is 1. The van der Waals surface area contributed by atoms with Crippen molar-refractivity contribution in [3.8, 4) is 11.8 Å². The Morgan fingerprint density at radius 1 is 1.31 bits per heavy atom. The molecule has 0 bridgehead atoms. The van der Waals surface area contributed by atoms with Gasteiger partial charge in [0.05, 0.1) is 20.3 Å². The molecular formula is C18H22N4O4. The van der Waals surface area contributed by atoms with Gasteiger partial charge in [0.2, 0.25) is 0 Å². The molecule has 1 saturated heterocycles. The summed E-state index contributed by atoms with van der Waals surface area (Å²) in [4.78, 5) is 22.1. The predicted molar refractivity (Wildman–Crippen MR) is 94.1 cm³/mol. The van der Waals surface area contributed by atoms with Gasteiger partial charge in [-0.05, 0) is 23.8 Å². The number of amides is 2. The lowest BCUT2D eigenvalue weighted by atomic mass is 10.2. The van der Waals surface area contributed by atoms with Gasteiger partial charge in [-0.3, -0.25) is 0 Å². The Morgan fingerprint density at radius 2 is 2.08 bits per heavy atom. The number of rotatable bonds is 6. The van der Waals surface area contributed by atoms with Crippen LogP contribution in [0, 0.1) is 0 Å². The van der Waals surface area contributed by atoms with Crippen molar-refractivity contribution in [2.45, 2.75) is 12.6 Å². The van der Waals surface area contributed by atoms with E-state index in [1.54, 1.807) is 30.5 Å². The van der Waals surface area contributed by atoms with E-state index in [2.05, 4.69) is 15.3 Å². The zero-order valence-corrected chi connectivity index (χ0v) is 14.6. The van der Waals surface area contributed by atoms with Gasteiger partial charge in [0.25, 0.3) is 0 Å². The van der Waals surface area contributed by atoms with Gasteiger partial charge in [0, 0.05) is 25.5 Å². The molecule has 1 fully saturated rings. The topological polar surface area (TPSA) is 85.8 Å². The zero-order chi connectivity index (χ0) is 18.2. The number of nitrogens with zero attached hydrogens (tertiary/aromatic N) is 3. The van der Waals surface area contributed by atoms with Crippen molar-refractivity contribution in [1.82, 2.24) is 20.2 Å². The predicted octanol–water partition coefficient (Wildman–Crippen LogP) is 1.47. The summed E-state index contributed by atoms with van der Waals surface area (Å²) in [7, 11) is 1.62. The molecule has 1 aliphatic heterocycles. The van der Waals surface area contributed by atoms with Crippen molar-refractivity contribution in [3.05, 3.63) is 48.3 Å². The van der Waals surface area contributed by atoms with E-state index in [4.69, 9.17) is 14.2 Å². The largest absolute Gasteiger partial charge is 0.497 e. The number of morpholine rings is 1. The molecule has 0 spiro atoms. The van der Waals surface area contributed by atoms with Gasteiger partial charge in [-0.1, -0.05) is 12.1 Å². The molecule has 1 atom stereocenters. The summed E-state index contributed by atoms with van der Waals surface area (Å²) in [5, 5.41) is 2.93. The number of aromatic nitrogens is 2. The van der Waals surface area contributed by atoms with Gasteiger partial charge in [-0.2, -0.15) is 0 Å². The van der Waals surface area contributed by atoms with Gasteiger partial charge in [-0.25, -0.2) is 14.8 Å². The molecule has 8 heteroatoms. The van der Waals surface area contributed by atoms with Crippen LogP contribution in [-0.2, 0) is 11.3 Å². The lowest BCUT2D eigenvalue weighted by Crippen LogP contribution is -2.50. The molecule has 8 nitrogen and oxygen atoms in total. The van der Waals surface area contributed by atoms with Crippen LogP contribution >= 0.6 is 0 Å². The first-order valence-corrected chi connectivity index (χ1v) is 8.41. The van der Waals surface area contributed by atoms with Crippen molar-refractivity contribution in [2.75, 3.05) is 33.4 Å². The molecule has 138 valence electrons. The summed E-state index contributed by atoms with van der Waals surface area (Å²) < 4.78 is 16.3. The Bertz CT molecular complexity index is 696. The third kappa shape index (κ3) is 5.06. The molecule has 3 rings (SSSR count).